The van der Waals surface area contributed by atoms with E-state index >= 15 is 0 Å². The van der Waals surface area contributed by atoms with Gasteiger partial charge in [0.25, 0.3) is 0 Å². The van der Waals surface area contributed by atoms with Crippen LogP contribution in [0.2, 0.25) is 0 Å². The van der Waals surface area contributed by atoms with Crippen molar-refractivity contribution in [1.29, 1.82) is 0 Å². The first-order valence-electron chi connectivity index (χ1n) is 3.10. The predicted octanol–water partition coefficient (Wildman–Crippen LogP) is -1.43. The molecule has 0 bridgehead atoms. The third kappa shape index (κ3) is 3.98. The van der Waals surface area contributed by atoms with Crippen molar-refractivity contribution in [2.45, 2.75) is 22.8 Å². The van der Waals surface area contributed by atoms with Crippen LogP contribution in [0.15, 0.2) is 0 Å². The molecule has 0 aromatic carbocycles. The summed E-state index contributed by atoms with van der Waals surface area (Å²) >= 11 is 2.22. The third-order valence-electron chi connectivity index (χ3n) is 1.47. The summed E-state index contributed by atoms with van der Waals surface area (Å²) in [6.45, 7) is 1.00. The van der Waals surface area contributed by atoms with E-state index in [-0.39, 0.29) is 17.4 Å². The fourth-order valence-electron chi connectivity index (χ4n) is 0.934. The Morgan fingerprint density at radius 2 is 2.11 bits per heavy atom. The summed E-state index contributed by atoms with van der Waals surface area (Å²) in [5.74, 6) is 0. The fourth-order valence-corrected chi connectivity index (χ4v) is 1.93. The molecule has 0 amide bonds. The van der Waals surface area contributed by atoms with Gasteiger partial charge < -0.3 is 0 Å². The van der Waals surface area contributed by atoms with Crippen molar-refractivity contribution in [1.82, 2.24) is 0 Å². The van der Waals surface area contributed by atoms with Gasteiger partial charge in [0, 0.05) is 0 Å². The Hall–Kier alpha value is 1.42. The fraction of sp³-hybridized carbons (Fsp3) is 1.00. The average Bonchev–Trinajstić information content (AvgIpc) is 1.65. The van der Waals surface area contributed by atoms with E-state index in [2.05, 4.69) is 20.4 Å². The van der Waals surface area contributed by atoms with Crippen molar-refractivity contribution in [3.63, 3.8) is 0 Å². The van der Waals surface area contributed by atoms with Crippen LogP contribution in [0.1, 0.15) is 19.3 Å². The second-order valence-electron chi connectivity index (χ2n) is 2.54. The minimum absolute atomic E-state index is 0. The summed E-state index contributed by atoms with van der Waals surface area (Å²) in [6, 6.07) is 0. The van der Waals surface area contributed by atoms with Gasteiger partial charge in [0.05, 0.1) is 0 Å². The summed E-state index contributed by atoms with van der Waals surface area (Å²) in [7, 11) is 1.19. The van der Waals surface area contributed by atoms with Gasteiger partial charge in [-0.15, -0.1) is 0 Å². The third-order valence-corrected chi connectivity index (χ3v) is 2.87. The molecule has 1 atom stereocenters. The number of hydrogen-bond acceptors (Lipinski definition) is 1. The predicted molar refractivity (Wildman–Crippen MR) is 42.4 cm³/mol. The zero-order valence-electron chi connectivity index (χ0n) is 5.24. The Morgan fingerprint density at radius 1 is 1.44 bits per heavy atom. The molecule has 1 rings (SSSR count). The summed E-state index contributed by atoms with van der Waals surface area (Å²) in [6.07, 6.45) is 3.94. The second kappa shape index (κ2) is 4.33. The van der Waals surface area contributed by atoms with E-state index in [0.717, 1.165) is 6.61 Å². The van der Waals surface area contributed by atoms with Crippen molar-refractivity contribution < 1.29 is 25.2 Å². The molecule has 9 heavy (non-hydrogen) atoms. The van der Waals surface area contributed by atoms with E-state index in [1.165, 1.54) is 29.5 Å². The number of ether oxygens (including phenoxy) is 1. The molecule has 1 unspecified atom stereocenters. The van der Waals surface area contributed by atoms with Gasteiger partial charge in [-0.2, -0.15) is 0 Å². The summed E-state index contributed by atoms with van der Waals surface area (Å²) in [4.78, 5) is 0. The molecule has 1 aliphatic rings. The molecule has 1 aliphatic heterocycles. The topological polar surface area (TPSA) is 9.23 Å². The Bertz CT molecular complexity index is 81.0. The first kappa shape index (κ1) is 10.4. The molecule has 0 N–H and O–H groups in total. The van der Waals surface area contributed by atoms with Gasteiger partial charge in [0.1, 0.15) is 0 Å². The maximum atomic E-state index is 5.53. The normalized spacial score (nSPS) is 35.4. The molecule has 0 saturated carbocycles. The van der Waals surface area contributed by atoms with Gasteiger partial charge >= 0.3 is 64.8 Å². The van der Waals surface area contributed by atoms with Crippen LogP contribution in [-0.2, 0) is 25.2 Å². The molecular weight excluding hydrogens is 179 g/mol. The van der Waals surface area contributed by atoms with E-state index in [0.29, 0.717) is 3.53 Å². The van der Waals surface area contributed by atoms with Crippen LogP contribution < -0.4 is 0 Å². The zero-order valence-corrected chi connectivity index (χ0v) is 8.80. The van der Waals surface area contributed by atoms with Crippen LogP contribution in [-0.4, -0.2) is 37.7 Å². The van der Waals surface area contributed by atoms with Gasteiger partial charge in [0.15, 0.2) is 17.4 Å². The van der Waals surface area contributed by atoms with Crippen molar-refractivity contribution in [3.05, 3.63) is 0 Å². The SMILES string of the molecule is [AlH3].[SiH3][C]1([Ti])CCCCO1. The summed E-state index contributed by atoms with van der Waals surface area (Å²) in [5, 5.41) is 0. The van der Waals surface area contributed by atoms with Crippen LogP contribution in [0, 0.1) is 0 Å². The van der Waals surface area contributed by atoms with Gasteiger partial charge in [0.2, 0.25) is 0 Å². The zero-order chi connectivity index (χ0) is 6.04. The molecule has 1 saturated heterocycles. The first-order chi connectivity index (χ1) is 3.71. The second-order valence-corrected chi connectivity index (χ2v) is 7.36. The Kier molecular flexibility index (Phi) is 5.02. The molecule has 0 radical (unpaired) electrons. The quantitative estimate of drug-likeness (QED) is 0.428. The molecule has 4 heteroatoms. The van der Waals surface area contributed by atoms with Crippen molar-refractivity contribution >= 4 is 27.6 Å². The molecule has 0 aromatic rings. The van der Waals surface area contributed by atoms with E-state index in [1.54, 1.807) is 0 Å². The molecule has 1 fully saturated rings. The molecule has 51 valence electrons. The van der Waals surface area contributed by atoms with Crippen LogP contribution in [0.3, 0.4) is 0 Å². The van der Waals surface area contributed by atoms with Gasteiger partial charge in [-0.1, -0.05) is 0 Å². The van der Waals surface area contributed by atoms with Crippen LogP contribution in [0.4, 0.5) is 0 Å². The standard InChI is InChI=1S/C5H11OSi.Al.Ti.3H/c7-5-3-1-2-4-6-5;;;;;/h1-4H2,7H3;;;;;. The van der Waals surface area contributed by atoms with Crippen molar-refractivity contribution in [2.75, 3.05) is 6.61 Å². The van der Waals surface area contributed by atoms with E-state index < -0.39 is 0 Å². The Labute approximate surface area is 81.9 Å². The summed E-state index contributed by atoms with van der Waals surface area (Å²) in [5.41, 5.74) is 0. The number of rotatable bonds is 0. The molecule has 0 aromatic heterocycles. The van der Waals surface area contributed by atoms with Crippen molar-refractivity contribution in [2.24, 2.45) is 0 Å². The number of hydrogen-bond donors (Lipinski definition) is 0. The van der Waals surface area contributed by atoms with Gasteiger partial charge in [-0.25, -0.2) is 0 Å². The molecular formula is C5H14AlOSiTi. The van der Waals surface area contributed by atoms with Gasteiger partial charge in [-0.05, 0) is 0 Å². The summed E-state index contributed by atoms with van der Waals surface area (Å²) < 4.78 is 5.84. The molecule has 0 aliphatic carbocycles. The van der Waals surface area contributed by atoms with E-state index in [9.17, 15) is 0 Å². The van der Waals surface area contributed by atoms with E-state index in [4.69, 9.17) is 4.74 Å². The van der Waals surface area contributed by atoms with E-state index in [1.807, 2.05) is 0 Å². The Balaban J connectivity index is 0.000000640. The maximum absolute atomic E-state index is 5.53. The van der Waals surface area contributed by atoms with Gasteiger partial charge in [-0.3, -0.25) is 0 Å². The first-order valence-corrected chi connectivity index (χ1v) is 4.88. The molecule has 1 heterocycles. The molecule has 0 spiro atoms. The van der Waals surface area contributed by atoms with Crippen LogP contribution >= 0.6 is 0 Å². The van der Waals surface area contributed by atoms with Crippen molar-refractivity contribution in [3.8, 4) is 0 Å². The molecule has 1 nitrogen and oxygen atoms in total. The van der Waals surface area contributed by atoms with Crippen LogP contribution in [0.25, 0.3) is 0 Å². The monoisotopic (exact) mass is 193 g/mol. The minimum atomic E-state index is 0. The Morgan fingerprint density at radius 3 is 2.33 bits per heavy atom. The average molecular weight is 193 g/mol. The van der Waals surface area contributed by atoms with Crippen LogP contribution in [0.5, 0.6) is 0 Å².